The molecular weight excluding hydrogens is 358 g/mol. The van der Waals surface area contributed by atoms with E-state index in [1.165, 1.54) is 0 Å². The van der Waals surface area contributed by atoms with E-state index in [-0.39, 0.29) is 5.56 Å². The summed E-state index contributed by atoms with van der Waals surface area (Å²) in [6.45, 7) is 6.39. The van der Waals surface area contributed by atoms with Gasteiger partial charge in [-0.2, -0.15) is 5.10 Å². The largest absolute Gasteiger partial charge is 0.288 e. The topological polar surface area (TPSA) is 39.8 Å². The van der Waals surface area contributed by atoms with Gasteiger partial charge in [0.25, 0.3) is 5.56 Å². The molecule has 5 heteroatoms. The number of hydrogen-bond donors (Lipinski definition) is 0. The van der Waals surface area contributed by atoms with E-state index in [1.54, 1.807) is 10.6 Å². The predicted molar refractivity (Wildman–Crippen MR) is 110 cm³/mol. The maximum Gasteiger partial charge on any atom is 0.252 e. The first-order valence-electron chi connectivity index (χ1n) is 8.86. The van der Waals surface area contributed by atoms with E-state index < -0.39 is 0 Å². The summed E-state index contributed by atoms with van der Waals surface area (Å²) in [5.41, 5.74) is 5.47. The lowest BCUT2D eigenvalue weighted by atomic mass is 10.1. The average Bonchev–Trinajstić information content (AvgIpc) is 2.99. The molecule has 0 aliphatic rings. The maximum atomic E-state index is 12.9. The smallest absolute Gasteiger partial charge is 0.252 e. The number of aromatic nitrogens is 3. The van der Waals surface area contributed by atoms with Gasteiger partial charge in [0.15, 0.2) is 0 Å². The van der Waals surface area contributed by atoms with Gasteiger partial charge in [0.1, 0.15) is 5.65 Å². The molecule has 0 N–H and O–H groups in total. The van der Waals surface area contributed by atoms with Crippen LogP contribution < -0.4 is 5.56 Å². The Balaban J connectivity index is 2.06. The summed E-state index contributed by atoms with van der Waals surface area (Å²) in [6, 6.07) is 17.4. The Kier molecular flexibility index (Phi) is 4.36. The summed E-state index contributed by atoms with van der Waals surface area (Å²) >= 11 is 6.34. The van der Waals surface area contributed by atoms with Gasteiger partial charge >= 0.3 is 0 Å². The summed E-state index contributed by atoms with van der Waals surface area (Å²) < 4.78 is 3.64. The van der Waals surface area contributed by atoms with Crippen molar-refractivity contribution in [3.63, 3.8) is 0 Å². The van der Waals surface area contributed by atoms with Crippen LogP contribution in [0.1, 0.15) is 22.4 Å². The first-order chi connectivity index (χ1) is 13.0. The van der Waals surface area contributed by atoms with Gasteiger partial charge in [0, 0.05) is 16.5 Å². The van der Waals surface area contributed by atoms with Crippen molar-refractivity contribution in [3.8, 4) is 5.69 Å². The molecule has 0 aliphatic heterocycles. The molecule has 0 bridgehead atoms. The molecule has 4 rings (SSSR count). The minimum atomic E-state index is -0.0373. The Morgan fingerprint density at radius 2 is 1.74 bits per heavy atom. The number of benzene rings is 2. The molecule has 27 heavy (non-hydrogen) atoms. The van der Waals surface area contributed by atoms with Gasteiger partial charge in [-0.05, 0) is 49.6 Å². The fraction of sp³-hybridized carbons (Fsp3) is 0.182. The Morgan fingerprint density at radius 1 is 1.00 bits per heavy atom. The Hall–Kier alpha value is -2.85. The molecule has 0 atom stereocenters. The standard InChI is InChI=1S/C22H20ClN3O/c1-14-12-20(27)25(13-17-8-5-4-6-9-17)22-21(14)16(3)24-26(22)19-11-7-10-18(23)15(19)2/h4-12H,13H2,1-3H3. The lowest BCUT2D eigenvalue weighted by molar-refractivity contribution is 0.749. The molecule has 0 saturated heterocycles. The van der Waals surface area contributed by atoms with Crippen LogP contribution in [0.15, 0.2) is 59.4 Å². The summed E-state index contributed by atoms with van der Waals surface area (Å²) in [7, 11) is 0. The molecular formula is C22H20ClN3O. The molecule has 0 unspecified atom stereocenters. The van der Waals surface area contributed by atoms with Crippen LogP contribution in [0.25, 0.3) is 16.7 Å². The van der Waals surface area contributed by atoms with E-state index in [1.807, 2.05) is 74.0 Å². The van der Waals surface area contributed by atoms with Gasteiger partial charge in [-0.15, -0.1) is 0 Å². The van der Waals surface area contributed by atoms with Gasteiger partial charge < -0.3 is 0 Å². The summed E-state index contributed by atoms with van der Waals surface area (Å²) in [6.07, 6.45) is 0. The third-order valence-corrected chi connectivity index (χ3v) is 5.35. The zero-order valence-corrected chi connectivity index (χ0v) is 16.3. The van der Waals surface area contributed by atoms with Crippen LogP contribution >= 0.6 is 11.6 Å². The van der Waals surface area contributed by atoms with Crippen LogP contribution in [0.5, 0.6) is 0 Å². The number of pyridine rings is 1. The predicted octanol–water partition coefficient (Wildman–Crippen LogP) is 4.81. The van der Waals surface area contributed by atoms with Gasteiger partial charge in [-0.3, -0.25) is 9.36 Å². The van der Waals surface area contributed by atoms with E-state index >= 15 is 0 Å². The number of fused-ring (bicyclic) bond motifs is 1. The molecule has 2 aromatic carbocycles. The molecule has 136 valence electrons. The maximum absolute atomic E-state index is 12.9. The Morgan fingerprint density at radius 3 is 2.48 bits per heavy atom. The highest BCUT2D eigenvalue weighted by molar-refractivity contribution is 6.31. The molecule has 0 radical (unpaired) electrons. The first kappa shape index (κ1) is 17.6. The van der Waals surface area contributed by atoms with E-state index in [2.05, 4.69) is 0 Å². The lowest BCUT2D eigenvalue weighted by Crippen LogP contribution is -2.22. The molecule has 0 saturated carbocycles. The van der Waals surface area contributed by atoms with Crippen molar-refractivity contribution in [2.24, 2.45) is 0 Å². The third kappa shape index (κ3) is 2.96. The minimum absolute atomic E-state index is 0.0373. The fourth-order valence-corrected chi connectivity index (χ4v) is 3.75. The van der Waals surface area contributed by atoms with Crippen LogP contribution in [0.3, 0.4) is 0 Å². The highest BCUT2D eigenvalue weighted by atomic mass is 35.5. The molecule has 0 fully saturated rings. The molecule has 0 amide bonds. The second kappa shape index (κ2) is 6.71. The zero-order valence-electron chi connectivity index (χ0n) is 15.5. The van der Waals surface area contributed by atoms with Crippen molar-refractivity contribution in [2.45, 2.75) is 27.3 Å². The van der Waals surface area contributed by atoms with Crippen LogP contribution in [-0.4, -0.2) is 14.3 Å². The number of halogens is 1. The average molecular weight is 378 g/mol. The van der Waals surface area contributed by atoms with Gasteiger partial charge in [0.2, 0.25) is 0 Å². The SMILES string of the molecule is Cc1c(Cl)cccc1-n1nc(C)c2c(C)cc(=O)n(Cc3ccccc3)c21. The van der Waals surface area contributed by atoms with E-state index in [9.17, 15) is 4.79 Å². The van der Waals surface area contributed by atoms with Crippen molar-refractivity contribution in [1.82, 2.24) is 14.3 Å². The summed E-state index contributed by atoms with van der Waals surface area (Å²) in [4.78, 5) is 12.9. The van der Waals surface area contributed by atoms with Crippen LogP contribution in [-0.2, 0) is 6.54 Å². The second-order valence-corrected chi connectivity index (χ2v) is 7.22. The monoisotopic (exact) mass is 377 g/mol. The highest BCUT2D eigenvalue weighted by Crippen LogP contribution is 2.28. The van der Waals surface area contributed by atoms with Crippen LogP contribution in [0.2, 0.25) is 5.02 Å². The molecule has 2 heterocycles. The second-order valence-electron chi connectivity index (χ2n) is 6.82. The third-order valence-electron chi connectivity index (χ3n) is 4.94. The first-order valence-corrected chi connectivity index (χ1v) is 9.24. The Bertz CT molecular complexity index is 1210. The number of aryl methyl sites for hydroxylation is 2. The quantitative estimate of drug-likeness (QED) is 0.513. The zero-order chi connectivity index (χ0) is 19.1. The lowest BCUT2D eigenvalue weighted by Gasteiger charge is -2.14. The number of rotatable bonds is 3. The summed E-state index contributed by atoms with van der Waals surface area (Å²) in [5, 5.41) is 6.45. The highest BCUT2D eigenvalue weighted by Gasteiger charge is 2.18. The fourth-order valence-electron chi connectivity index (χ4n) is 3.58. The van der Waals surface area contributed by atoms with Crippen molar-refractivity contribution in [1.29, 1.82) is 0 Å². The van der Waals surface area contributed by atoms with Gasteiger partial charge in [-0.25, -0.2) is 4.68 Å². The number of hydrogen-bond acceptors (Lipinski definition) is 2. The van der Waals surface area contributed by atoms with E-state index in [4.69, 9.17) is 16.7 Å². The van der Waals surface area contributed by atoms with Crippen LogP contribution in [0.4, 0.5) is 0 Å². The normalized spacial score (nSPS) is 11.3. The van der Waals surface area contributed by atoms with Crippen LogP contribution in [0, 0.1) is 20.8 Å². The van der Waals surface area contributed by atoms with Gasteiger partial charge in [-0.1, -0.05) is 48.0 Å². The molecule has 4 aromatic rings. The van der Waals surface area contributed by atoms with Crippen molar-refractivity contribution in [3.05, 3.63) is 92.4 Å². The molecule has 2 aromatic heterocycles. The van der Waals surface area contributed by atoms with Crippen molar-refractivity contribution in [2.75, 3.05) is 0 Å². The molecule has 0 spiro atoms. The van der Waals surface area contributed by atoms with E-state index in [0.29, 0.717) is 11.6 Å². The molecule has 0 aliphatic carbocycles. The molecule has 4 nitrogen and oxygen atoms in total. The van der Waals surface area contributed by atoms with Crippen molar-refractivity contribution >= 4 is 22.6 Å². The van der Waals surface area contributed by atoms with E-state index in [0.717, 1.165) is 39.1 Å². The van der Waals surface area contributed by atoms with Gasteiger partial charge in [0.05, 0.1) is 17.9 Å². The number of nitrogens with zero attached hydrogens (tertiary/aromatic N) is 3. The Labute approximate surface area is 162 Å². The summed E-state index contributed by atoms with van der Waals surface area (Å²) in [5.74, 6) is 0. The minimum Gasteiger partial charge on any atom is -0.288 e. The van der Waals surface area contributed by atoms with Crippen molar-refractivity contribution < 1.29 is 0 Å².